The van der Waals surface area contributed by atoms with Gasteiger partial charge < -0.3 is 0 Å². The van der Waals surface area contributed by atoms with Crippen molar-refractivity contribution in [2.75, 3.05) is 0 Å². The molecule has 0 N–H and O–H groups in total. The van der Waals surface area contributed by atoms with Crippen LogP contribution in [0.4, 0.5) is 0 Å². The fourth-order valence-corrected chi connectivity index (χ4v) is 1.73. The fourth-order valence-electron chi connectivity index (χ4n) is 0.781. The van der Waals surface area contributed by atoms with Gasteiger partial charge in [-0.25, -0.2) is 0 Å². The maximum atomic E-state index is 11.4. The molecule has 0 aromatic heterocycles. The molecule has 1 aromatic rings. The summed E-state index contributed by atoms with van der Waals surface area (Å²) >= 11 is -1.24. The van der Waals surface area contributed by atoms with Crippen molar-refractivity contribution in [3.63, 3.8) is 0 Å². The van der Waals surface area contributed by atoms with Crippen molar-refractivity contribution in [1.29, 1.82) is 0 Å². The molecule has 1 aromatic carbocycles. The van der Waals surface area contributed by atoms with Gasteiger partial charge in [-0.1, -0.05) is 0 Å². The van der Waals surface area contributed by atoms with E-state index in [9.17, 15) is 3.87 Å². The molecule has 0 aliphatic rings. The first-order valence-electron chi connectivity index (χ1n) is 3.66. The van der Waals surface area contributed by atoms with Gasteiger partial charge in [-0.15, -0.1) is 0 Å². The summed E-state index contributed by atoms with van der Waals surface area (Å²) in [5, 5.41) is 0.614. The van der Waals surface area contributed by atoms with E-state index in [0.717, 1.165) is 10.1 Å². The molecule has 1 rings (SSSR count). The number of allylic oxidation sites excluding steroid dienone is 1. The van der Waals surface area contributed by atoms with E-state index in [1.54, 1.807) is 6.92 Å². The van der Waals surface area contributed by atoms with Crippen LogP contribution in [-0.2, 0) is 22.8 Å². The molecule has 12 heavy (non-hydrogen) atoms. The SMILES string of the molecule is C=[C](C)[Co](=[O])[CH2]c1ccccc1. The molecule has 0 bridgehead atoms. The zero-order valence-electron chi connectivity index (χ0n) is 7.04. The molecule has 0 saturated carbocycles. The average Bonchev–Trinajstić information content (AvgIpc) is 2.06. The second-order valence-corrected chi connectivity index (χ2v) is 4.66. The zero-order chi connectivity index (χ0) is 8.97. The molecule has 0 heterocycles. The van der Waals surface area contributed by atoms with Gasteiger partial charge in [0.25, 0.3) is 0 Å². The quantitative estimate of drug-likeness (QED) is 0.744. The van der Waals surface area contributed by atoms with E-state index >= 15 is 0 Å². The number of hydrogen-bond acceptors (Lipinski definition) is 1. The molecular weight excluding hydrogens is 195 g/mol. The minimum absolute atomic E-state index is 0.614. The Morgan fingerprint density at radius 2 is 2.00 bits per heavy atom. The van der Waals surface area contributed by atoms with E-state index in [1.165, 1.54) is 0 Å². The van der Waals surface area contributed by atoms with E-state index in [-0.39, 0.29) is 0 Å². The predicted molar refractivity (Wildman–Crippen MR) is 45.6 cm³/mol. The molecule has 2 heteroatoms. The normalized spacial score (nSPS) is 10.9. The summed E-state index contributed by atoms with van der Waals surface area (Å²) in [7, 11) is 0. The van der Waals surface area contributed by atoms with Gasteiger partial charge in [-0.3, -0.25) is 0 Å². The first-order chi connectivity index (χ1) is 5.70. The molecule has 0 amide bonds. The van der Waals surface area contributed by atoms with Crippen LogP contribution < -0.4 is 0 Å². The van der Waals surface area contributed by atoms with Gasteiger partial charge in [0.05, 0.1) is 0 Å². The average molecular weight is 207 g/mol. The van der Waals surface area contributed by atoms with E-state index in [1.807, 2.05) is 30.3 Å². The van der Waals surface area contributed by atoms with E-state index in [0.29, 0.717) is 5.36 Å². The van der Waals surface area contributed by atoms with E-state index in [4.69, 9.17) is 0 Å². The Bertz CT molecular complexity index is 290. The first-order valence-corrected chi connectivity index (χ1v) is 5.34. The van der Waals surface area contributed by atoms with Crippen LogP contribution >= 0.6 is 0 Å². The third kappa shape index (κ3) is 2.72. The minimum atomic E-state index is -1.24. The van der Waals surface area contributed by atoms with Gasteiger partial charge in [-0.2, -0.15) is 0 Å². The monoisotopic (exact) mass is 207 g/mol. The van der Waals surface area contributed by atoms with Crippen LogP contribution in [0.2, 0.25) is 0 Å². The second-order valence-electron chi connectivity index (χ2n) is 2.52. The summed E-state index contributed by atoms with van der Waals surface area (Å²) in [6.07, 6.45) is 0. The Balaban J connectivity index is 2.65. The van der Waals surface area contributed by atoms with Crippen molar-refractivity contribution in [3.05, 3.63) is 47.0 Å². The van der Waals surface area contributed by atoms with Gasteiger partial charge in [-0.05, 0) is 0 Å². The Morgan fingerprint density at radius 1 is 1.42 bits per heavy atom. The molecule has 0 fully saturated rings. The summed E-state index contributed by atoms with van der Waals surface area (Å²) in [6.45, 7) is 5.47. The standard InChI is InChI=1S/C7H7.C3H5.Co.O/c1-7-5-3-2-4-6-7;1-3-2;;/h2-6H,1H2;1H2,2H3;;. The van der Waals surface area contributed by atoms with Gasteiger partial charge in [0.15, 0.2) is 0 Å². The predicted octanol–water partition coefficient (Wildman–Crippen LogP) is 2.68. The van der Waals surface area contributed by atoms with Crippen LogP contribution in [0.1, 0.15) is 12.5 Å². The molecule has 0 unspecified atom stereocenters. The molecule has 0 spiro atoms. The molecule has 0 atom stereocenters. The van der Waals surface area contributed by atoms with Crippen molar-refractivity contribution in [1.82, 2.24) is 0 Å². The van der Waals surface area contributed by atoms with Gasteiger partial charge >= 0.3 is 76.7 Å². The second kappa shape index (κ2) is 4.33. The Kier molecular flexibility index (Phi) is 3.38. The van der Waals surface area contributed by atoms with E-state index in [2.05, 4.69) is 6.58 Å². The fraction of sp³-hybridized carbons (Fsp3) is 0.200. The molecule has 1 nitrogen and oxygen atoms in total. The van der Waals surface area contributed by atoms with Crippen molar-refractivity contribution in [3.8, 4) is 0 Å². The Labute approximate surface area is 77.1 Å². The van der Waals surface area contributed by atoms with Crippen LogP contribution in [-0.4, -0.2) is 0 Å². The maximum absolute atomic E-state index is 11.4. The molecule has 0 aliphatic carbocycles. The summed E-state index contributed by atoms with van der Waals surface area (Å²) in [5.74, 6) is 0. The summed E-state index contributed by atoms with van der Waals surface area (Å²) < 4.78 is 12.1. The Morgan fingerprint density at radius 3 is 2.50 bits per heavy atom. The first kappa shape index (κ1) is 9.36. The molecule has 0 aliphatic heterocycles. The van der Waals surface area contributed by atoms with Gasteiger partial charge in [0.1, 0.15) is 0 Å². The zero-order valence-corrected chi connectivity index (χ0v) is 8.08. The van der Waals surface area contributed by atoms with Crippen LogP contribution in [0, 0.1) is 0 Å². The number of hydrogen-bond donors (Lipinski definition) is 0. The van der Waals surface area contributed by atoms with Crippen LogP contribution in [0.5, 0.6) is 0 Å². The van der Waals surface area contributed by atoms with Crippen LogP contribution in [0.25, 0.3) is 0 Å². The summed E-state index contributed by atoms with van der Waals surface area (Å²) in [5.41, 5.74) is 1.11. The van der Waals surface area contributed by atoms with Crippen molar-refractivity contribution in [2.45, 2.75) is 12.3 Å². The molecule has 67 valence electrons. The number of rotatable bonds is 3. The van der Waals surface area contributed by atoms with E-state index < -0.39 is 13.6 Å². The number of benzene rings is 1. The molecular formula is C10H12CoO. The van der Waals surface area contributed by atoms with Crippen molar-refractivity contribution >= 4 is 0 Å². The molecule has 0 radical (unpaired) electrons. The summed E-state index contributed by atoms with van der Waals surface area (Å²) in [4.78, 5) is 0. The summed E-state index contributed by atoms with van der Waals surface area (Å²) in [6, 6.07) is 9.83. The van der Waals surface area contributed by atoms with Crippen molar-refractivity contribution in [2.24, 2.45) is 0 Å². The van der Waals surface area contributed by atoms with Gasteiger partial charge in [0, 0.05) is 0 Å². The third-order valence-corrected chi connectivity index (χ3v) is 3.15. The Hall–Kier alpha value is -0.734. The third-order valence-electron chi connectivity index (χ3n) is 1.40. The molecule has 0 saturated heterocycles. The van der Waals surface area contributed by atoms with Gasteiger partial charge in [0.2, 0.25) is 0 Å². The van der Waals surface area contributed by atoms with Crippen LogP contribution in [0.15, 0.2) is 41.4 Å². The van der Waals surface area contributed by atoms with Crippen LogP contribution in [0.3, 0.4) is 0 Å². The van der Waals surface area contributed by atoms with Crippen molar-refractivity contribution < 1.29 is 17.5 Å². The topological polar surface area (TPSA) is 17.1 Å².